The molecule has 1 N–H and O–H groups in total. The topological polar surface area (TPSA) is 55.9 Å². The van der Waals surface area contributed by atoms with Crippen molar-refractivity contribution in [3.8, 4) is 0 Å². The number of carbonyl (C=O) groups is 2. The van der Waals surface area contributed by atoms with E-state index >= 15 is 0 Å². The van der Waals surface area contributed by atoms with Gasteiger partial charge in [-0.25, -0.2) is 4.79 Å². The Hall–Kier alpha value is -2.73. The van der Waals surface area contributed by atoms with Gasteiger partial charge in [-0.2, -0.15) is 0 Å². The molecule has 0 aromatic heterocycles. The molecule has 2 aromatic rings. The maximum Gasteiger partial charge on any atom is 0.317 e. The lowest BCUT2D eigenvalue weighted by molar-refractivity contribution is -0.131. The van der Waals surface area contributed by atoms with Gasteiger partial charge in [0, 0.05) is 56.5 Å². The van der Waals surface area contributed by atoms with Crippen LogP contribution < -0.4 is 10.2 Å². The fraction of sp³-hybridized carbons (Fsp3) is 0.417. The number of benzene rings is 2. The van der Waals surface area contributed by atoms with E-state index < -0.39 is 0 Å². The van der Waals surface area contributed by atoms with Crippen molar-refractivity contribution >= 4 is 29.2 Å². The van der Waals surface area contributed by atoms with Crippen molar-refractivity contribution in [2.45, 2.75) is 12.8 Å². The van der Waals surface area contributed by atoms with Crippen molar-refractivity contribution < 1.29 is 9.59 Å². The Morgan fingerprint density at radius 2 is 1.58 bits per heavy atom. The van der Waals surface area contributed by atoms with Crippen molar-refractivity contribution in [3.63, 3.8) is 0 Å². The molecule has 0 aliphatic carbocycles. The molecule has 6 nitrogen and oxygen atoms in total. The van der Waals surface area contributed by atoms with Gasteiger partial charge in [0.05, 0.1) is 6.42 Å². The Balaban J connectivity index is 1.17. The molecule has 0 radical (unpaired) electrons. The molecular formula is C24H29ClN4O2. The number of nitrogens with zero attached hydrogens (tertiary/aromatic N) is 3. The normalized spacial score (nSPS) is 18.9. The van der Waals surface area contributed by atoms with Gasteiger partial charge >= 0.3 is 6.03 Å². The van der Waals surface area contributed by atoms with Crippen LogP contribution >= 0.6 is 11.6 Å². The molecule has 2 aliphatic heterocycles. The summed E-state index contributed by atoms with van der Waals surface area (Å²) < 4.78 is 0. The maximum absolute atomic E-state index is 12.6. The van der Waals surface area contributed by atoms with E-state index in [1.165, 1.54) is 5.69 Å². The van der Waals surface area contributed by atoms with Crippen LogP contribution in [0.25, 0.3) is 0 Å². The van der Waals surface area contributed by atoms with E-state index in [2.05, 4.69) is 34.5 Å². The zero-order valence-electron chi connectivity index (χ0n) is 17.7. The standard InChI is InChI=1S/C24H29ClN4O2/c25-21-8-6-19(7-9-21)16-23(30)27-12-14-28(15-13-27)24(31)26-17-20-10-11-29(18-20)22-4-2-1-3-5-22/h1-9,20H,10-18H2,(H,26,31). The van der Waals surface area contributed by atoms with Gasteiger partial charge in [0.1, 0.15) is 0 Å². The van der Waals surface area contributed by atoms with Crippen LogP contribution in [0.4, 0.5) is 10.5 Å². The molecule has 164 valence electrons. The molecule has 1 unspecified atom stereocenters. The molecule has 1 atom stereocenters. The Kier molecular flexibility index (Phi) is 6.97. The Bertz CT molecular complexity index is 882. The maximum atomic E-state index is 12.6. The lowest BCUT2D eigenvalue weighted by Gasteiger charge is -2.35. The predicted octanol–water partition coefficient (Wildman–Crippen LogP) is 3.26. The first-order valence-corrected chi connectivity index (χ1v) is 11.3. The number of hydrogen-bond donors (Lipinski definition) is 1. The van der Waals surface area contributed by atoms with E-state index in [4.69, 9.17) is 11.6 Å². The number of hydrogen-bond acceptors (Lipinski definition) is 3. The quantitative estimate of drug-likeness (QED) is 0.776. The first kappa shape index (κ1) is 21.5. The number of anilines is 1. The van der Waals surface area contributed by atoms with Crippen molar-refractivity contribution in [2.75, 3.05) is 50.7 Å². The summed E-state index contributed by atoms with van der Waals surface area (Å²) in [5, 5.41) is 3.77. The number of para-hydroxylation sites is 1. The van der Waals surface area contributed by atoms with E-state index in [1.54, 1.807) is 12.1 Å². The molecule has 2 saturated heterocycles. The van der Waals surface area contributed by atoms with Gasteiger partial charge in [-0.15, -0.1) is 0 Å². The lowest BCUT2D eigenvalue weighted by atomic mass is 10.1. The molecule has 2 aromatic carbocycles. The van der Waals surface area contributed by atoms with Gasteiger partial charge in [-0.3, -0.25) is 4.79 Å². The SMILES string of the molecule is O=C(Cc1ccc(Cl)cc1)N1CCN(C(=O)NCC2CCN(c3ccccc3)C2)CC1. The summed E-state index contributed by atoms with van der Waals surface area (Å²) in [5.41, 5.74) is 2.20. The van der Waals surface area contributed by atoms with E-state index in [-0.39, 0.29) is 11.9 Å². The molecule has 4 rings (SSSR count). The molecule has 3 amide bonds. The molecule has 0 spiro atoms. The summed E-state index contributed by atoms with van der Waals surface area (Å²) in [4.78, 5) is 31.2. The first-order valence-electron chi connectivity index (χ1n) is 10.9. The number of urea groups is 1. The summed E-state index contributed by atoms with van der Waals surface area (Å²) >= 11 is 5.90. The van der Waals surface area contributed by atoms with Gasteiger partial charge in [-0.05, 0) is 42.2 Å². The molecule has 7 heteroatoms. The minimum atomic E-state index is -0.0250. The van der Waals surface area contributed by atoms with E-state index in [0.29, 0.717) is 50.1 Å². The van der Waals surface area contributed by atoms with Crippen LogP contribution in [-0.2, 0) is 11.2 Å². The molecular weight excluding hydrogens is 412 g/mol. The second kappa shape index (κ2) is 10.1. The minimum Gasteiger partial charge on any atom is -0.371 e. The summed E-state index contributed by atoms with van der Waals surface area (Å²) in [6.45, 7) is 4.97. The summed E-state index contributed by atoms with van der Waals surface area (Å²) in [7, 11) is 0. The van der Waals surface area contributed by atoms with Crippen LogP contribution in [0.1, 0.15) is 12.0 Å². The summed E-state index contributed by atoms with van der Waals surface area (Å²) in [6, 6.07) is 17.8. The minimum absolute atomic E-state index is 0.0250. The predicted molar refractivity (Wildman–Crippen MR) is 123 cm³/mol. The zero-order chi connectivity index (χ0) is 21.6. The van der Waals surface area contributed by atoms with Crippen LogP contribution in [0.3, 0.4) is 0 Å². The molecule has 2 aliphatic rings. The molecule has 0 saturated carbocycles. The third-order valence-electron chi connectivity index (χ3n) is 6.14. The fourth-order valence-electron chi connectivity index (χ4n) is 4.26. The van der Waals surface area contributed by atoms with Crippen molar-refractivity contribution in [3.05, 3.63) is 65.2 Å². The number of nitrogens with one attached hydrogen (secondary N) is 1. The first-order chi connectivity index (χ1) is 15.1. The smallest absolute Gasteiger partial charge is 0.317 e. The number of amides is 3. The van der Waals surface area contributed by atoms with Crippen molar-refractivity contribution in [2.24, 2.45) is 5.92 Å². The van der Waals surface area contributed by atoms with Crippen LogP contribution in [0.2, 0.25) is 5.02 Å². The van der Waals surface area contributed by atoms with Gasteiger partial charge in [0.15, 0.2) is 0 Å². The van der Waals surface area contributed by atoms with E-state index in [1.807, 2.05) is 28.0 Å². The van der Waals surface area contributed by atoms with Crippen molar-refractivity contribution in [1.29, 1.82) is 0 Å². The molecule has 2 heterocycles. The zero-order valence-corrected chi connectivity index (χ0v) is 18.4. The van der Waals surface area contributed by atoms with Gasteiger partial charge in [0.2, 0.25) is 5.91 Å². The largest absolute Gasteiger partial charge is 0.371 e. The fourth-order valence-corrected chi connectivity index (χ4v) is 4.39. The Morgan fingerprint density at radius 3 is 2.29 bits per heavy atom. The second-order valence-electron chi connectivity index (χ2n) is 8.29. The number of carbonyl (C=O) groups excluding carboxylic acids is 2. The molecule has 31 heavy (non-hydrogen) atoms. The van der Waals surface area contributed by atoms with E-state index in [9.17, 15) is 9.59 Å². The van der Waals surface area contributed by atoms with Gasteiger partial charge in [-0.1, -0.05) is 41.9 Å². The Labute approximate surface area is 188 Å². The van der Waals surface area contributed by atoms with Crippen LogP contribution in [0, 0.1) is 5.92 Å². The lowest BCUT2D eigenvalue weighted by Crippen LogP contribution is -2.53. The highest BCUT2D eigenvalue weighted by Crippen LogP contribution is 2.23. The highest BCUT2D eigenvalue weighted by Gasteiger charge is 2.26. The highest BCUT2D eigenvalue weighted by atomic mass is 35.5. The summed E-state index contributed by atoms with van der Waals surface area (Å²) in [6.07, 6.45) is 1.45. The monoisotopic (exact) mass is 440 g/mol. The second-order valence-corrected chi connectivity index (χ2v) is 8.73. The third-order valence-corrected chi connectivity index (χ3v) is 6.39. The molecule has 2 fully saturated rings. The Morgan fingerprint density at radius 1 is 0.903 bits per heavy atom. The van der Waals surface area contributed by atoms with Crippen LogP contribution in [-0.4, -0.2) is 67.6 Å². The van der Waals surface area contributed by atoms with Gasteiger partial charge in [0.25, 0.3) is 0 Å². The van der Waals surface area contributed by atoms with Gasteiger partial charge < -0.3 is 20.0 Å². The van der Waals surface area contributed by atoms with E-state index in [0.717, 1.165) is 25.1 Å². The van der Waals surface area contributed by atoms with Crippen LogP contribution in [0.15, 0.2) is 54.6 Å². The third kappa shape index (κ3) is 5.70. The van der Waals surface area contributed by atoms with Crippen molar-refractivity contribution in [1.82, 2.24) is 15.1 Å². The average molecular weight is 441 g/mol. The number of rotatable bonds is 5. The molecule has 0 bridgehead atoms. The number of halogens is 1. The van der Waals surface area contributed by atoms with Crippen LogP contribution in [0.5, 0.6) is 0 Å². The number of piperazine rings is 1. The average Bonchev–Trinajstić information content (AvgIpc) is 3.29. The summed E-state index contributed by atoms with van der Waals surface area (Å²) in [5.74, 6) is 0.556. The highest BCUT2D eigenvalue weighted by molar-refractivity contribution is 6.30.